The van der Waals surface area contributed by atoms with E-state index in [1.165, 1.54) is 6.08 Å². The monoisotopic (exact) mass is 257 g/mol. The van der Waals surface area contributed by atoms with Gasteiger partial charge in [0.15, 0.2) is 0 Å². The summed E-state index contributed by atoms with van der Waals surface area (Å²) in [4.78, 5) is 20.9. The second-order valence-corrected chi connectivity index (χ2v) is 3.40. The van der Waals surface area contributed by atoms with Crippen LogP contribution in [0.2, 0.25) is 5.02 Å². The highest BCUT2D eigenvalue weighted by molar-refractivity contribution is 6.31. The minimum absolute atomic E-state index is 0.0389. The summed E-state index contributed by atoms with van der Waals surface area (Å²) in [6.07, 6.45) is 1.35. The molecule has 90 valence electrons. The Labute approximate surface area is 101 Å². The van der Waals surface area contributed by atoms with Gasteiger partial charge in [0, 0.05) is 11.1 Å². The topological polar surface area (TPSA) is 89.7 Å². The highest BCUT2D eigenvalue weighted by atomic mass is 35.5. The van der Waals surface area contributed by atoms with Crippen LogP contribution in [0.3, 0.4) is 0 Å². The van der Waals surface area contributed by atoms with E-state index in [1.54, 1.807) is 0 Å². The maximum atomic E-state index is 10.9. The SMILES string of the molecule is C=CCOc1c(C(=O)O)cc(Cl)cc1[N+](=O)[O-]. The van der Waals surface area contributed by atoms with Crippen LogP contribution in [-0.2, 0) is 0 Å². The predicted octanol–water partition coefficient (Wildman–Crippen LogP) is 2.51. The lowest BCUT2D eigenvalue weighted by atomic mass is 10.1. The second kappa shape index (κ2) is 5.31. The third-order valence-corrected chi connectivity index (χ3v) is 2.02. The highest BCUT2D eigenvalue weighted by Gasteiger charge is 2.24. The molecular formula is C10H8ClNO5. The lowest BCUT2D eigenvalue weighted by Gasteiger charge is -2.08. The van der Waals surface area contributed by atoms with Gasteiger partial charge in [-0.3, -0.25) is 10.1 Å². The smallest absolute Gasteiger partial charge is 0.339 e. The molecule has 0 heterocycles. The van der Waals surface area contributed by atoms with Crippen molar-refractivity contribution in [3.8, 4) is 5.75 Å². The average Bonchev–Trinajstić information content (AvgIpc) is 2.26. The molecule has 0 fully saturated rings. The van der Waals surface area contributed by atoms with E-state index in [-0.39, 0.29) is 22.9 Å². The number of hydrogen-bond acceptors (Lipinski definition) is 4. The summed E-state index contributed by atoms with van der Waals surface area (Å²) < 4.78 is 5.00. The standard InChI is InChI=1S/C10H8ClNO5/c1-2-3-17-9-7(10(13)14)4-6(11)5-8(9)12(15)16/h2,4-5H,1,3H2,(H,13,14). The molecule has 1 rings (SSSR count). The maximum absolute atomic E-state index is 10.9. The van der Waals surface area contributed by atoms with E-state index in [1.807, 2.05) is 0 Å². The van der Waals surface area contributed by atoms with Gasteiger partial charge in [-0.25, -0.2) is 4.79 Å². The minimum atomic E-state index is -1.35. The molecular weight excluding hydrogens is 250 g/mol. The van der Waals surface area contributed by atoms with E-state index in [0.717, 1.165) is 12.1 Å². The number of carboxylic acids is 1. The summed E-state index contributed by atoms with van der Waals surface area (Å²) in [6, 6.07) is 2.13. The van der Waals surface area contributed by atoms with Crippen molar-refractivity contribution < 1.29 is 19.6 Å². The molecule has 6 nitrogen and oxygen atoms in total. The second-order valence-electron chi connectivity index (χ2n) is 2.96. The fourth-order valence-electron chi connectivity index (χ4n) is 1.17. The van der Waals surface area contributed by atoms with Crippen LogP contribution in [0.1, 0.15) is 10.4 Å². The molecule has 0 aromatic heterocycles. The Balaban J connectivity index is 3.41. The molecule has 1 aromatic rings. The zero-order chi connectivity index (χ0) is 13.0. The Morgan fingerprint density at radius 1 is 1.65 bits per heavy atom. The lowest BCUT2D eigenvalue weighted by Crippen LogP contribution is -2.06. The summed E-state index contributed by atoms with van der Waals surface area (Å²) in [5.41, 5.74) is -0.845. The molecule has 0 bridgehead atoms. The van der Waals surface area contributed by atoms with Crippen molar-refractivity contribution in [2.75, 3.05) is 6.61 Å². The molecule has 0 spiro atoms. The van der Waals surface area contributed by atoms with Crippen molar-refractivity contribution in [2.24, 2.45) is 0 Å². The van der Waals surface area contributed by atoms with Crippen molar-refractivity contribution in [3.05, 3.63) is 45.5 Å². The first-order chi connectivity index (χ1) is 7.97. The third kappa shape index (κ3) is 2.94. The van der Waals surface area contributed by atoms with Crippen LogP contribution in [-0.4, -0.2) is 22.6 Å². The van der Waals surface area contributed by atoms with Gasteiger partial charge in [0.1, 0.15) is 12.2 Å². The van der Waals surface area contributed by atoms with Gasteiger partial charge in [-0.2, -0.15) is 0 Å². The molecule has 0 atom stereocenters. The Bertz CT molecular complexity index is 451. The van der Waals surface area contributed by atoms with Crippen molar-refractivity contribution in [1.82, 2.24) is 0 Å². The number of nitrogens with zero attached hydrogens (tertiary/aromatic N) is 1. The van der Waals surface area contributed by atoms with Gasteiger partial charge in [0.25, 0.3) is 0 Å². The number of rotatable bonds is 5. The van der Waals surface area contributed by atoms with Crippen molar-refractivity contribution >= 4 is 23.3 Å². The largest absolute Gasteiger partial charge is 0.482 e. The van der Waals surface area contributed by atoms with Crippen LogP contribution in [0.5, 0.6) is 5.75 Å². The van der Waals surface area contributed by atoms with Gasteiger partial charge in [-0.1, -0.05) is 24.3 Å². The van der Waals surface area contributed by atoms with E-state index in [2.05, 4.69) is 6.58 Å². The molecule has 0 amide bonds. The molecule has 0 saturated carbocycles. The van der Waals surface area contributed by atoms with Gasteiger partial charge in [-0.15, -0.1) is 0 Å². The first kappa shape index (κ1) is 13.0. The summed E-state index contributed by atoms with van der Waals surface area (Å²) in [5, 5.41) is 19.6. The van der Waals surface area contributed by atoms with Crippen molar-refractivity contribution in [3.63, 3.8) is 0 Å². The first-order valence-electron chi connectivity index (χ1n) is 4.42. The van der Waals surface area contributed by atoms with E-state index >= 15 is 0 Å². The van der Waals surface area contributed by atoms with Crippen LogP contribution < -0.4 is 4.74 Å². The number of halogens is 1. The number of carboxylic acid groups (broad SMARTS) is 1. The molecule has 0 aliphatic heterocycles. The molecule has 0 saturated heterocycles. The average molecular weight is 258 g/mol. The molecule has 1 aromatic carbocycles. The fraction of sp³-hybridized carbons (Fsp3) is 0.100. The molecule has 17 heavy (non-hydrogen) atoms. The van der Waals surface area contributed by atoms with Crippen molar-refractivity contribution in [1.29, 1.82) is 0 Å². The Kier molecular flexibility index (Phi) is 4.06. The van der Waals surface area contributed by atoms with Crippen LogP contribution in [0, 0.1) is 10.1 Å². The fourth-order valence-corrected chi connectivity index (χ4v) is 1.38. The zero-order valence-electron chi connectivity index (χ0n) is 8.55. The van der Waals surface area contributed by atoms with Gasteiger partial charge >= 0.3 is 11.7 Å². The Hall–Kier alpha value is -2.08. The van der Waals surface area contributed by atoms with Gasteiger partial charge in [0.05, 0.1) is 4.92 Å². The van der Waals surface area contributed by atoms with Crippen molar-refractivity contribution in [2.45, 2.75) is 0 Å². The quantitative estimate of drug-likeness (QED) is 0.497. The van der Waals surface area contributed by atoms with Crippen LogP contribution in [0.15, 0.2) is 24.8 Å². The number of nitro benzene ring substituents is 1. The van der Waals surface area contributed by atoms with Crippen LogP contribution >= 0.6 is 11.6 Å². The van der Waals surface area contributed by atoms with Crippen LogP contribution in [0.4, 0.5) is 5.69 Å². The number of benzene rings is 1. The van der Waals surface area contributed by atoms with Crippen LogP contribution in [0.25, 0.3) is 0 Å². The lowest BCUT2D eigenvalue weighted by molar-refractivity contribution is -0.385. The number of hydrogen-bond donors (Lipinski definition) is 1. The van der Waals surface area contributed by atoms with Gasteiger partial charge < -0.3 is 9.84 Å². The minimum Gasteiger partial charge on any atom is -0.482 e. The molecule has 0 aliphatic carbocycles. The zero-order valence-corrected chi connectivity index (χ0v) is 9.31. The highest BCUT2D eigenvalue weighted by Crippen LogP contribution is 2.34. The first-order valence-corrected chi connectivity index (χ1v) is 4.80. The predicted molar refractivity (Wildman–Crippen MR) is 60.8 cm³/mol. The summed E-state index contributed by atoms with van der Waals surface area (Å²) >= 11 is 5.60. The molecule has 0 aliphatic rings. The van der Waals surface area contributed by atoms with Gasteiger partial charge in [-0.05, 0) is 6.07 Å². The van der Waals surface area contributed by atoms with E-state index in [4.69, 9.17) is 21.4 Å². The Morgan fingerprint density at radius 3 is 2.76 bits per heavy atom. The molecule has 0 radical (unpaired) electrons. The molecule has 0 unspecified atom stereocenters. The number of carbonyl (C=O) groups is 1. The summed E-state index contributed by atoms with van der Waals surface area (Å²) in [6.45, 7) is 3.34. The molecule has 1 N–H and O–H groups in total. The maximum Gasteiger partial charge on any atom is 0.339 e. The van der Waals surface area contributed by atoms with E-state index in [0.29, 0.717) is 0 Å². The Morgan fingerprint density at radius 2 is 2.29 bits per heavy atom. The number of aromatic carboxylic acids is 1. The summed E-state index contributed by atoms with van der Waals surface area (Å²) in [5.74, 6) is -1.68. The summed E-state index contributed by atoms with van der Waals surface area (Å²) in [7, 11) is 0. The third-order valence-electron chi connectivity index (χ3n) is 1.81. The van der Waals surface area contributed by atoms with E-state index < -0.39 is 16.6 Å². The van der Waals surface area contributed by atoms with Gasteiger partial charge in [0.2, 0.25) is 5.75 Å². The van der Waals surface area contributed by atoms with E-state index in [9.17, 15) is 14.9 Å². The number of nitro groups is 1. The molecule has 7 heteroatoms. The normalized spacial score (nSPS) is 9.71. The number of ether oxygens (including phenoxy) is 1.